The monoisotopic (exact) mass is 896 g/mol. The third-order valence-corrected chi connectivity index (χ3v) is 13.4. The Kier molecular flexibility index (Phi) is 12.3. The Morgan fingerprint density at radius 3 is 0.614 bits per heavy atom. The van der Waals surface area contributed by atoms with Crippen molar-refractivity contribution in [3.63, 3.8) is 0 Å². The SMILES string of the molecule is Cc1cc(N(c2ccc(-c3ccccc3)cc2)c2ccc(-c3ccccc3)cc2)ccc1-c1ccc(-c2ccc(N(c3ccc(-c4ccccc4)cc3)c3ccc(-c4ccccc4)cc3)cc2C)cc1. The Hall–Kier alpha value is -8.98. The van der Waals surface area contributed by atoms with Crippen LogP contribution in [-0.4, -0.2) is 0 Å². The zero-order valence-electron chi connectivity index (χ0n) is 39.5. The minimum absolute atomic E-state index is 1.11. The average molecular weight is 897 g/mol. The molecular formula is C68H52N2. The van der Waals surface area contributed by atoms with Crippen molar-refractivity contribution in [2.45, 2.75) is 13.8 Å². The molecule has 0 radical (unpaired) electrons. The Labute approximate surface area is 412 Å². The number of rotatable bonds is 12. The highest BCUT2D eigenvalue weighted by Crippen LogP contribution is 2.41. The molecule has 0 saturated heterocycles. The quantitative estimate of drug-likeness (QED) is 0.121. The normalized spacial score (nSPS) is 11.0. The summed E-state index contributed by atoms with van der Waals surface area (Å²) in [7, 11) is 0. The van der Waals surface area contributed by atoms with Gasteiger partial charge in [0.1, 0.15) is 0 Å². The molecule has 0 aromatic heterocycles. The number of nitrogens with zero attached hydrogens (tertiary/aromatic N) is 2. The van der Waals surface area contributed by atoms with Crippen LogP contribution in [0.25, 0.3) is 66.8 Å². The van der Waals surface area contributed by atoms with Crippen molar-refractivity contribution in [3.8, 4) is 66.8 Å². The van der Waals surface area contributed by atoms with Gasteiger partial charge in [0.05, 0.1) is 0 Å². The summed E-state index contributed by atoms with van der Waals surface area (Å²) in [4.78, 5) is 4.72. The lowest BCUT2D eigenvalue weighted by molar-refractivity contribution is 1.27. The molecule has 0 bridgehead atoms. The highest BCUT2D eigenvalue weighted by Gasteiger charge is 2.18. The Morgan fingerprint density at radius 2 is 0.386 bits per heavy atom. The average Bonchev–Trinajstić information content (AvgIpc) is 3.43. The first kappa shape index (κ1) is 43.6. The van der Waals surface area contributed by atoms with Gasteiger partial charge in [-0.25, -0.2) is 0 Å². The minimum atomic E-state index is 1.11. The van der Waals surface area contributed by atoms with Crippen LogP contribution in [0, 0.1) is 13.8 Å². The Morgan fingerprint density at radius 1 is 0.186 bits per heavy atom. The van der Waals surface area contributed by atoms with E-state index in [0.29, 0.717) is 0 Å². The summed E-state index contributed by atoms with van der Waals surface area (Å²) in [5.74, 6) is 0. The van der Waals surface area contributed by atoms with E-state index in [-0.39, 0.29) is 0 Å². The summed E-state index contributed by atoms with van der Waals surface area (Å²) in [6.45, 7) is 4.45. The molecule has 0 aliphatic rings. The Bertz CT molecular complexity index is 3070. The second-order valence-corrected chi connectivity index (χ2v) is 17.9. The summed E-state index contributed by atoms with van der Waals surface area (Å²) in [5.41, 5.74) is 23.5. The van der Waals surface area contributed by atoms with Gasteiger partial charge in [-0.2, -0.15) is 0 Å². The lowest BCUT2D eigenvalue weighted by atomic mass is 9.95. The zero-order chi connectivity index (χ0) is 47.2. The van der Waals surface area contributed by atoms with Crippen LogP contribution in [-0.2, 0) is 0 Å². The Balaban J connectivity index is 0.880. The van der Waals surface area contributed by atoms with Gasteiger partial charge in [0.2, 0.25) is 0 Å². The van der Waals surface area contributed by atoms with Gasteiger partial charge in [0.25, 0.3) is 0 Å². The molecule has 0 spiro atoms. The molecule has 334 valence electrons. The minimum Gasteiger partial charge on any atom is -0.310 e. The number of benzene rings is 11. The molecule has 2 nitrogen and oxygen atoms in total. The number of aryl methyl sites for hydroxylation is 2. The van der Waals surface area contributed by atoms with Crippen LogP contribution in [0.4, 0.5) is 34.1 Å². The maximum Gasteiger partial charge on any atom is 0.0464 e. The molecule has 0 heterocycles. The largest absolute Gasteiger partial charge is 0.310 e. The summed E-state index contributed by atoms with van der Waals surface area (Å²) >= 11 is 0. The molecule has 70 heavy (non-hydrogen) atoms. The standard InChI is InChI=1S/C68H52N2/c1-49-47-65(69(61-35-27-55(28-36-61)51-15-7-3-8-16-51)62-37-29-56(30-38-62)52-17-9-4-10-18-52)43-45-67(49)59-23-25-60(26-24-59)68-46-44-66(48-50(68)2)70(63-39-31-57(32-40-63)53-19-11-5-12-20-53)64-41-33-58(34-42-64)54-21-13-6-14-22-54/h3-48H,1-2H3. The van der Waals surface area contributed by atoms with Gasteiger partial charge in [0.15, 0.2) is 0 Å². The maximum absolute atomic E-state index is 2.36. The molecule has 2 heteroatoms. The number of hydrogen-bond donors (Lipinski definition) is 0. The van der Waals surface area contributed by atoms with Crippen LogP contribution in [0.5, 0.6) is 0 Å². The van der Waals surface area contributed by atoms with Crippen molar-refractivity contribution in [1.29, 1.82) is 0 Å². The molecule has 0 aliphatic carbocycles. The lowest BCUT2D eigenvalue weighted by Gasteiger charge is -2.27. The molecule has 0 N–H and O–H groups in total. The third kappa shape index (κ3) is 9.19. The fourth-order valence-electron chi connectivity index (χ4n) is 9.68. The molecule has 0 amide bonds. The van der Waals surface area contributed by atoms with E-state index in [9.17, 15) is 0 Å². The molecule has 0 unspecified atom stereocenters. The predicted octanol–water partition coefficient (Wildman–Crippen LogP) is 19.2. The zero-order valence-corrected chi connectivity index (χ0v) is 39.5. The molecule has 11 rings (SSSR count). The molecule has 0 saturated carbocycles. The topological polar surface area (TPSA) is 6.48 Å². The van der Waals surface area contributed by atoms with Gasteiger partial charge in [-0.05, 0) is 165 Å². The van der Waals surface area contributed by atoms with E-state index in [2.05, 4.69) is 303 Å². The van der Waals surface area contributed by atoms with Crippen LogP contribution in [0.2, 0.25) is 0 Å². The van der Waals surface area contributed by atoms with Crippen LogP contribution in [0.3, 0.4) is 0 Å². The highest BCUT2D eigenvalue weighted by molar-refractivity contribution is 5.85. The first-order chi connectivity index (χ1) is 34.5. The third-order valence-electron chi connectivity index (χ3n) is 13.4. The van der Waals surface area contributed by atoms with E-state index in [1.165, 1.54) is 77.9 Å². The van der Waals surface area contributed by atoms with E-state index in [1.807, 2.05) is 0 Å². The van der Waals surface area contributed by atoms with E-state index in [1.54, 1.807) is 0 Å². The number of anilines is 6. The lowest BCUT2D eigenvalue weighted by Crippen LogP contribution is -2.10. The van der Waals surface area contributed by atoms with Crippen LogP contribution in [0.1, 0.15) is 11.1 Å². The molecule has 0 aliphatic heterocycles. The van der Waals surface area contributed by atoms with Gasteiger partial charge >= 0.3 is 0 Å². The van der Waals surface area contributed by atoms with E-state index >= 15 is 0 Å². The second kappa shape index (κ2) is 19.7. The fourth-order valence-corrected chi connectivity index (χ4v) is 9.68. The van der Waals surface area contributed by atoms with Crippen molar-refractivity contribution in [1.82, 2.24) is 0 Å². The van der Waals surface area contributed by atoms with Crippen molar-refractivity contribution in [3.05, 3.63) is 290 Å². The number of hydrogen-bond acceptors (Lipinski definition) is 2. The van der Waals surface area contributed by atoms with Crippen LogP contribution >= 0.6 is 0 Å². The summed E-state index contributed by atoms with van der Waals surface area (Å²) in [6.07, 6.45) is 0. The van der Waals surface area contributed by atoms with Gasteiger partial charge < -0.3 is 9.80 Å². The van der Waals surface area contributed by atoms with Gasteiger partial charge in [0, 0.05) is 34.1 Å². The highest BCUT2D eigenvalue weighted by atomic mass is 15.1. The van der Waals surface area contributed by atoms with Crippen LogP contribution in [0.15, 0.2) is 279 Å². The predicted molar refractivity (Wildman–Crippen MR) is 298 cm³/mol. The van der Waals surface area contributed by atoms with Crippen molar-refractivity contribution in [2.24, 2.45) is 0 Å². The van der Waals surface area contributed by atoms with Gasteiger partial charge in [-0.3, -0.25) is 0 Å². The fraction of sp³-hybridized carbons (Fsp3) is 0.0294. The van der Waals surface area contributed by atoms with Crippen LogP contribution < -0.4 is 9.80 Å². The molecule has 0 fully saturated rings. The second-order valence-electron chi connectivity index (χ2n) is 17.9. The van der Waals surface area contributed by atoms with Crippen molar-refractivity contribution in [2.75, 3.05) is 9.80 Å². The van der Waals surface area contributed by atoms with Crippen molar-refractivity contribution >= 4 is 34.1 Å². The molecular weight excluding hydrogens is 845 g/mol. The van der Waals surface area contributed by atoms with E-state index < -0.39 is 0 Å². The molecule has 11 aromatic carbocycles. The molecule has 11 aromatic rings. The smallest absolute Gasteiger partial charge is 0.0464 e. The maximum atomic E-state index is 2.36. The molecule has 0 atom stereocenters. The summed E-state index contributed by atoms with van der Waals surface area (Å²) < 4.78 is 0. The first-order valence-corrected chi connectivity index (χ1v) is 24.1. The first-order valence-electron chi connectivity index (χ1n) is 24.1. The van der Waals surface area contributed by atoms with Crippen molar-refractivity contribution < 1.29 is 0 Å². The van der Waals surface area contributed by atoms with Gasteiger partial charge in [-0.15, -0.1) is 0 Å². The van der Waals surface area contributed by atoms with Gasteiger partial charge in [-0.1, -0.05) is 206 Å². The van der Waals surface area contributed by atoms with E-state index in [0.717, 1.165) is 34.1 Å². The van der Waals surface area contributed by atoms with E-state index in [4.69, 9.17) is 0 Å². The summed E-state index contributed by atoms with van der Waals surface area (Å²) in [6, 6.07) is 101. The summed E-state index contributed by atoms with van der Waals surface area (Å²) in [5, 5.41) is 0.